The number of carbonyl (C=O) groups is 2. The van der Waals surface area contributed by atoms with Crippen LogP contribution in [0, 0.1) is 17.8 Å². The van der Waals surface area contributed by atoms with Gasteiger partial charge in [0.2, 0.25) is 11.8 Å². The van der Waals surface area contributed by atoms with Gasteiger partial charge in [0.15, 0.2) is 0 Å². The number of hydrogen-bond donors (Lipinski definition) is 1. The van der Waals surface area contributed by atoms with Gasteiger partial charge in [-0.3, -0.25) is 9.59 Å². The Hall–Kier alpha value is -1.84. The summed E-state index contributed by atoms with van der Waals surface area (Å²) in [6.07, 6.45) is 4.48. The van der Waals surface area contributed by atoms with E-state index >= 15 is 0 Å². The zero-order chi connectivity index (χ0) is 17.4. The third-order valence-electron chi connectivity index (χ3n) is 6.38. The van der Waals surface area contributed by atoms with Crippen molar-refractivity contribution in [1.29, 1.82) is 0 Å². The predicted molar refractivity (Wildman–Crippen MR) is 97.1 cm³/mol. The maximum atomic E-state index is 12.8. The summed E-state index contributed by atoms with van der Waals surface area (Å²) in [6.45, 7) is 4.50. The van der Waals surface area contributed by atoms with Gasteiger partial charge in [0.05, 0.1) is 5.92 Å². The standard InChI is InChI=1S/C21H28N2O2/c1-2-14-7-9-15(10-8-14)20-17-12-23(13-18(17)20)21(25)16-5-3-4-6-19(24)22-11-16/h7-10,16-18,20H,2-6,11-13H2,1H3,(H,22,24)/t16-,17-,18+,20?/m1/s1. The van der Waals surface area contributed by atoms with E-state index in [2.05, 4.69) is 41.4 Å². The fraction of sp³-hybridized carbons (Fsp3) is 0.619. The molecule has 1 aromatic carbocycles. The zero-order valence-electron chi connectivity index (χ0n) is 15.0. The Bertz CT molecular complexity index is 642. The smallest absolute Gasteiger partial charge is 0.227 e. The minimum absolute atomic E-state index is 0.0240. The van der Waals surface area contributed by atoms with Gasteiger partial charge in [-0.25, -0.2) is 0 Å². The van der Waals surface area contributed by atoms with Crippen molar-refractivity contribution < 1.29 is 9.59 Å². The number of hydrogen-bond acceptors (Lipinski definition) is 2. The highest BCUT2D eigenvalue weighted by Crippen LogP contribution is 2.58. The Morgan fingerprint density at radius 3 is 2.56 bits per heavy atom. The Morgan fingerprint density at radius 2 is 1.88 bits per heavy atom. The first-order valence-electron chi connectivity index (χ1n) is 9.81. The summed E-state index contributed by atoms with van der Waals surface area (Å²) in [5.74, 6) is 2.25. The van der Waals surface area contributed by atoms with Gasteiger partial charge >= 0.3 is 0 Å². The van der Waals surface area contributed by atoms with E-state index in [1.54, 1.807) is 0 Å². The third-order valence-corrected chi connectivity index (χ3v) is 6.38. The van der Waals surface area contributed by atoms with Crippen LogP contribution in [-0.2, 0) is 16.0 Å². The first kappa shape index (κ1) is 16.6. The molecule has 1 aliphatic carbocycles. The summed E-state index contributed by atoms with van der Waals surface area (Å²) in [4.78, 5) is 26.5. The first-order chi connectivity index (χ1) is 12.2. The molecule has 2 saturated heterocycles. The number of benzene rings is 1. The van der Waals surface area contributed by atoms with Gasteiger partial charge in [0.1, 0.15) is 0 Å². The zero-order valence-corrected chi connectivity index (χ0v) is 15.0. The molecule has 0 bridgehead atoms. The molecule has 3 aliphatic rings. The number of carbonyl (C=O) groups excluding carboxylic acids is 2. The lowest BCUT2D eigenvalue weighted by Gasteiger charge is -2.27. The number of fused-ring (bicyclic) bond motifs is 1. The van der Waals surface area contributed by atoms with E-state index in [0.717, 1.165) is 38.8 Å². The number of rotatable bonds is 3. The highest BCUT2D eigenvalue weighted by molar-refractivity contribution is 5.81. The van der Waals surface area contributed by atoms with Crippen molar-refractivity contribution in [3.05, 3.63) is 35.4 Å². The van der Waals surface area contributed by atoms with Crippen LogP contribution in [0.5, 0.6) is 0 Å². The normalized spacial score (nSPS) is 31.7. The molecule has 1 unspecified atom stereocenters. The summed E-state index contributed by atoms with van der Waals surface area (Å²) < 4.78 is 0. The number of amides is 2. The van der Waals surface area contributed by atoms with Crippen LogP contribution < -0.4 is 5.32 Å². The van der Waals surface area contributed by atoms with Crippen LogP contribution in [0.1, 0.15) is 49.7 Å². The lowest BCUT2D eigenvalue weighted by atomic mass is 9.97. The minimum Gasteiger partial charge on any atom is -0.355 e. The number of likely N-dealkylation sites (tertiary alicyclic amines) is 1. The molecule has 134 valence electrons. The first-order valence-corrected chi connectivity index (χ1v) is 9.81. The molecular weight excluding hydrogens is 312 g/mol. The van der Waals surface area contributed by atoms with Crippen LogP contribution in [-0.4, -0.2) is 36.3 Å². The van der Waals surface area contributed by atoms with Gasteiger partial charge < -0.3 is 10.2 Å². The molecule has 4 atom stereocenters. The van der Waals surface area contributed by atoms with E-state index in [1.807, 2.05) is 0 Å². The average molecular weight is 340 g/mol. The van der Waals surface area contributed by atoms with E-state index in [1.165, 1.54) is 11.1 Å². The van der Waals surface area contributed by atoms with Crippen molar-refractivity contribution in [2.75, 3.05) is 19.6 Å². The SMILES string of the molecule is CCc1ccc(C2[C@H]3CN(C(=O)[C@@H]4CCCCC(=O)NC4)C[C@@H]23)cc1. The molecule has 1 aromatic rings. The predicted octanol–water partition coefficient (Wildman–Crippen LogP) is 2.73. The molecule has 0 spiro atoms. The van der Waals surface area contributed by atoms with Gasteiger partial charge in [-0.15, -0.1) is 0 Å². The van der Waals surface area contributed by atoms with Crippen LogP contribution >= 0.6 is 0 Å². The Kier molecular flexibility index (Phi) is 4.53. The Morgan fingerprint density at radius 1 is 1.16 bits per heavy atom. The fourth-order valence-corrected chi connectivity index (χ4v) is 4.75. The van der Waals surface area contributed by atoms with Crippen molar-refractivity contribution in [1.82, 2.24) is 10.2 Å². The molecule has 0 radical (unpaired) electrons. The topological polar surface area (TPSA) is 49.4 Å². The number of nitrogens with zero attached hydrogens (tertiary/aromatic N) is 1. The molecule has 4 nitrogen and oxygen atoms in total. The fourth-order valence-electron chi connectivity index (χ4n) is 4.75. The molecule has 0 aromatic heterocycles. The lowest BCUT2D eigenvalue weighted by Crippen LogP contribution is -2.42. The molecule has 2 aliphatic heterocycles. The minimum atomic E-state index is -0.0240. The van der Waals surface area contributed by atoms with E-state index in [-0.39, 0.29) is 17.7 Å². The maximum Gasteiger partial charge on any atom is 0.227 e. The quantitative estimate of drug-likeness (QED) is 0.920. The monoisotopic (exact) mass is 340 g/mol. The van der Waals surface area contributed by atoms with Crippen LogP contribution in [0.2, 0.25) is 0 Å². The summed E-state index contributed by atoms with van der Waals surface area (Å²) in [5.41, 5.74) is 2.83. The van der Waals surface area contributed by atoms with Gasteiger partial charge in [0, 0.05) is 26.1 Å². The second-order valence-corrected chi connectivity index (χ2v) is 7.94. The Labute approximate surface area is 150 Å². The summed E-state index contributed by atoms with van der Waals surface area (Å²) in [5, 5.41) is 2.92. The second kappa shape index (κ2) is 6.81. The highest BCUT2D eigenvalue weighted by atomic mass is 16.2. The van der Waals surface area contributed by atoms with Crippen molar-refractivity contribution >= 4 is 11.8 Å². The van der Waals surface area contributed by atoms with Crippen molar-refractivity contribution in [2.45, 2.75) is 44.9 Å². The largest absolute Gasteiger partial charge is 0.355 e. The van der Waals surface area contributed by atoms with Crippen LogP contribution in [0.3, 0.4) is 0 Å². The summed E-state index contributed by atoms with van der Waals surface area (Å²) in [7, 11) is 0. The molecule has 1 saturated carbocycles. The highest BCUT2D eigenvalue weighted by Gasteiger charge is 2.57. The molecule has 4 heteroatoms. The van der Waals surface area contributed by atoms with Crippen LogP contribution in [0.15, 0.2) is 24.3 Å². The Balaban J connectivity index is 1.33. The second-order valence-electron chi connectivity index (χ2n) is 7.94. The number of aryl methyl sites for hydroxylation is 1. The molecular formula is C21H28N2O2. The van der Waals surface area contributed by atoms with Gasteiger partial charge in [0.25, 0.3) is 0 Å². The van der Waals surface area contributed by atoms with E-state index in [9.17, 15) is 9.59 Å². The number of nitrogens with one attached hydrogen (secondary N) is 1. The molecule has 1 N–H and O–H groups in total. The average Bonchev–Trinajstić information content (AvgIpc) is 3.11. The summed E-state index contributed by atoms with van der Waals surface area (Å²) >= 11 is 0. The third kappa shape index (κ3) is 3.31. The van der Waals surface area contributed by atoms with E-state index < -0.39 is 0 Å². The van der Waals surface area contributed by atoms with Crippen LogP contribution in [0.4, 0.5) is 0 Å². The summed E-state index contributed by atoms with van der Waals surface area (Å²) in [6, 6.07) is 9.03. The molecule has 2 amide bonds. The molecule has 2 heterocycles. The van der Waals surface area contributed by atoms with Gasteiger partial charge in [-0.2, -0.15) is 0 Å². The van der Waals surface area contributed by atoms with Crippen LogP contribution in [0.25, 0.3) is 0 Å². The maximum absolute atomic E-state index is 12.8. The van der Waals surface area contributed by atoms with E-state index in [4.69, 9.17) is 0 Å². The van der Waals surface area contributed by atoms with Crippen molar-refractivity contribution in [2.24, 2.45) is 17.8 Å². The molecule has 25 heavy (non-hydrogen) atoms. The van der Waals surface area contributed by atoms with Gasteiger partial charge in [-0.1, -0.05) is 37.6 Å². The lowest BCUT2D eigenvalue weighted by molar-refractivity contribution is -0.135. The van der Waals surface area contributed by atoms with E-state index in [0.29, 0.717) is 30.7 Å². The molecule has 3 fully saturated rings. The molecule has 4 rings (SSSR count). The number of piperidine rings is 1. The van der Waals surface area contributed by atoms with Crippen molar-refractivity contribution in [3.63, 3.8) is 0 Å². The van der Waals surface area contributed by atoms with Crippen molar-refractivity contribution in [3.8, 4) is 0 Å². The van der Waals surface area contributed by atoms with Gasteiger partial charge in [-0.05, 0) is 48.1 Å².